The molecule has 136 valence electrons. The number of benzene rings is 2. The van der Waals surface area contributed by atoms with E-state index in [2.05, 4.69) is 27.3 Å². The monoisotopic (exact) mass is 361 g/mol. The molecule has 1 aromatic heterocycles. The van der Waals surface area contributed by atoms with E-state index in [9.17, 15) is 9.59 Å². The Morgan fingerprint density at radius 3 is 2.44 bits per heavy atom. The highest BCUT2D eigenvalue weighted by Gasteiger charge is 2.16. The molecule has 1 aliphatic rings. The number of carbonyl (C=O) groups is 2. The Labute approximate surface area is 156 Å². The number of ether oxygens (including phenoxy) is 1. The molecule has 0 unspecified atom stereocenters. The van der Waals surface area contributed by atoms with Crippen LogP contribution in [0, 0.1) is 13.8 Å². The van der Waals surface area contributed by atoms with Crippen LogP contribution in [0.5, 0.6) is 5.75 Å². The lowest BCUT2D eigenvalue weighted by Gasteiger charge is -2.18. The van der Waals surface area contributed by atoms with Gasteiger partial charge in [-0.3, -0.25) is 9.59 Å². The third-order valence-electron chi connectivity index (χ3n) is 4.53. The van der Waals surface area contributed by atoms with Gasteiger partial charge in [0.2, 0.25) is 0 Å². The summed E-state index contributed by atoms with van der Waals surface area (Å²) in [5.74, 6) is 0.164. The van der Waals surface area contributed by atoms with Gasteiger partial charge in [0.05, 0.1) is 5.69 Å². The SMILES string of the molecule is Cc1ccc(C)n1-c1ccc(C(=O)Nc2ccc3c(c2)NC(=O)CO3)cc1. The molecule has 0 atom stereocenters. The first-order chi connectivity index (χ1) is 13.0. The fourth-order valence-corrected chi connectivity index (χ4v) is 3.20. The van der Waals surface area contributed by atoms with Crippen LogP contribution in [0.3, 0.4) is 0 Å². The van der Waals surface area contributed by atoms with E-state index >= 15 is 0 Å². The number of anilines is 2. The van der Waals surface area contributed by atoms with Crippen molar-refractivity contribution in [2.45, 2.75) is 13.8 Å². The average Bonchev–Trinajstić information content (AvgIpc) is 3.00. The first-order valence-corrected chi connectivity index (χ1v) is 8.65. The molecule has 4 rings (SSSR count). The molecule has 0 fully saturated rings. The van der Waals surface area contributed by atoms with Crippen LogP contribution >= 0.6 is 0 Å². The number of fused-ring (bicyclic) bond motifs is 1. The minimum atomic E-state index is -0.217. The lowest BCUT2D eigenvalue weighted by Crippen LogP contribution is -2.25. The van der Waals surface area contributed by atoms with Gasteiger partial charge < -0.3 is 19.9 Å². The number of hydrogen-bond acceptors (Lipinski definition) is 3. The molecule has 0 aliphatic carbocycles. The van der Waals surface area contributed by atoms with E-state index in [-0.39, 0.29) is 18.4 Å². The number of rotatable bonds is 3. The summed E-state index contributed by atoms with van der Waals surface area (Å²) >= 11 is 0. The number of carbonyl (C=O) groups excluding carboxylic acids is 2. The molecule has 0 saturated carbocycles. The second-order valence-corrected chi connectivity index (χ2v) is 6.50. The summed E-state index contributed by atoms with van der Waals surface area (Å²) in [5.41, 5.74) is 4.99. The third kappa shape index (κ3) is 3.29. The molecule has 6 heteroatoms. The third-order valence-corrected chi connectivity index (χ3v) is 4.53. The predicted molar refractivity (Wildman–Crippen MR) is 104 cm³/mol. The van der Waals surface area contributed by atoms with Crippen molar-refractivity contribution < 1.29 is 14.3 Å². The number of hydrogen-bond donors (Lipinski definition) is 2. The highest BCUT2D eigenvalue weighted by molar-refractivity contribution is 6.05. The van der Waals surface area contributed by atoms with Gasteiger partial charge in [-0.25, -0.2) is 0 Å². The largest absolute Gasteiger partial charge is 0.482 e. The maximum atomic E-state index is 12.5. The first kappa shape index (κ1) is 16.9. The molecule has 1 aliphatic heterocycles. The van der Waals surface area contributed by atoms with Crippen LogP contribution in [-0.4, -0.2) is 23.0 Å². The summed E-state index contributed by atoms with van der Waals surface area (Å²) in [7, 11) is 0. The van der Waals surface area contributed by atoms with Crippen molar-refractivity contribution in [2.75, 3.05) is 17.2 Å². The maximum Gasteiger partial charge on any atom is 0.262 e. The number of amides is 2. The van der Waals surface area contributed by atoms with E-state index in [1.807, 2.05) is 26.0 Å². The summed E-state index contributed by atoms with van der Waals surface area (Å²) in [6.45, 7) is 4.10. The summed E-state index contributed by atoms with van der Waals surface area (Å²) in [4.78, 5) is 24.0. The van der Waals surface area contributed by atoms with Crippen LogP contribution in [0.15, 0.2) is 54.6 Å². The fraction of sp³-hybridized carbons (Fsp3) is 0.143. The molecule has 0 bridgehead atoms. The van der Waals surface area contributed by atoms with Gasteiger partial charge in [-0.05, 0) is 68.4 Å². The molecule has 27 heavy (non-hydrogen) atoms. The zero-order valence-corrected chi connectivity index (χ0v) is 15.1. The molecule has 2 aromatic carbocycles. The van der Waals surface area contributed by atoms with Gasteiger partial charge in [0.25, 0.3) is 11.8 Å². The first-order valence-electron chi connectivity index (χ1n) is 8.65. The van der Waals surface area contributed by atoms with Crippen molar-refractivity contribution in [1.29, 1.82) is 0 Å². The normalized spacial score (nSPS) is 12.7. The van der Waals surface area contributed by atoms with E-state index < -0.39 is 0 Å². The highest BCUT2D eigenvalue weighted by Crippen LogP contribution is 2.30. The van der Waals surface area contributed by atoms with Gasteiger partial charge in [-0.15, -0.1) is 0 Å². The summed E-state index contributed by atoms with van der Waals surface area (Å²) in [6.07, 6.45) is 0. The van der Waals surface area contributed by atoms with E-state index in [0.717, 1.165) is 17.1 Å². The minimum absolute atomic E-state index is 0.00536. The number of nitrogens with zero attached hydrogens (tertiary/aromatic N) is 1. The van der Waals surface area contributed by atoms with Gasteiger partial charge in [0.15, 0.2) is 6.61 Å². The Kier molecular flexibility index (Phi) is 4.16. The lowest BCUT2D eigenvalue weighted by atomic mass is 10.1. The zero-order chi connectivity index (χ0) is 19.0. The minimum Gasteiger partial charge on any atom is -0.482 e. The maximum absolute atomic E-state index is 12.5. The average molecular weight is 361 g/mol. The van der Waals surface area contributed by atoms with Crippen LogP contribution < -0.4 is 15.4 Å². The standard InChI is InChI=1S/C21H19N3O3/c1-13-3-4-14(2)24(13)17-8-5-15(6-9-17)21(26)22-16-7-10-19-18(11-16)23-20(25)12-27-19/h3-11H,12H2,1-2H3,(H,22,26)(H,23,25). The Hall–Kier alpha value is -3.54. The quantitative estimate of drug-likeness (QED) is 0.747. The van der Waals surface area contributed by atoms with Gasteiger partial charge in [0.1, 0.15) is 5.75 Å². The number of aryl methyl sites for hydroxylation is 2. The van der Waals surface area contributed by atoms with Crippen molar-refractivity contribution in [3.63, 3.8) is 0 Å². The van der Waals surface area contributed by atoms with Gasteiger partial charge >= 0.3 is 0 Å². The van der Waals surface area contributed by atoms with Gasteiger partial charge in [0, 0.05) is 28.3 Å². The molecular formula is C21H19N3O3. The van der Waals surface area contributed by atoms with E-state index in [1.165, 1.54) is 0 Å². The molecular weight excluding hydrogens is 342 g/mol. The van der Waals surface area contributed by atoms with Crippen LogP contribution in [0.2, 0.25) is 0 Å². The van der Waals surface area contributed by atoms with Crippen LogP contribution in [0.25, 0.3) is 5.69 Å². The second kappa shape index (κ2) is 6.64. The van der Waals surface area contributed by atoms with Crippen molar-refractivity contribution in [2.24, 2.45) is 0 Å². The van der Waals surface area contributed by atoms with E-state index in [1.54, 1.807) is 30.3 Å². The summed E-state index contributed by atoms with van der Waals surface area (Å²) in [6, 6.07) is 16.7. The molecule has 0 saturated heterocycles. The lowest BCUT2D eigenvalue weighted by molar-refractivity contribution is -0.118. The highest BCUT2D eigenvalue weighted by atomic mass is 16.5. The molecule has 0 radical (unpaired) electrons. The van der Waals surface area contributed by atoms with Gasteiger partial charge in [-0.1, -0.05) is 0 Å². The van der Waals surface area contributed by atoms with Crippen molar-refractivity contribution in [1.82, 2.24) is 4.57 Å². The van der Waals surface area contributed by atoms with Crippen LogP contribution in [0.4, 0.5) is 11.4 Å². The smallest absolute Gasteiger partial charge is 0.262 e. The molecule has 2 amide bonds. The van der Waals surface area contributed by atoms with E-state index in [4.69, 9.17) is 4.74 Å². The van der Waals surface area contributed by atoms with Crippen molar-refractivity contribution >= 4 is 23.2 Å². The van der Waals surface area contributed by atoms with Crippen molar-refractivity contribution in [3.8, 4) is 11.4 Å². The topological polar surface area (TPSA) is 72.4 Å². The zero-order valence-electron chi connectivity index (χ0n) is 15.1. The Balaban J connectivity index is 1.52. The molecule has 6 nitrogen and oxygen atoms in total. The fourth-order valence-electron chi connectivity index (χ4n) is 3.20. The number of aromatic nitrogens is 1. The predicted octanol–water partition coefficient (Wildman–Crippen LogP) is 3.68. The molecule has 2 heterocycles. The summed E-state index contributed by atoms with van der Waals surface area (Å²) < 4.78 is 7.45. The molecule has 2 N–H and O–H groups in total. The van der Waals surface area contributed by atoms with Gasteiger partial charge in [-0.2, -0.15) is 0 Å². The second-order valence-electron chi connectivity index (χ2n) is 6.50. The summed E-state index contributed by atoms with van der Waals surface area (Å²) in [5, 5.41) is 5.58. The van der Waals surface area contributed by atoms with Crippen LogP contribution in [-0.2, 0) is 4.79 Å². The van der Waals surface area contributed by atoms with Crippen LogP contribution in [0.1, 0.15) is 21.7 Å². The Morgan fingerprint density at radius 2 is 1.74 bits per heavy atom. The Bertz CT molecular complexity index is 1020. The molecule has 0 spiro atoms. The number of nitrogens with one attached hydrogen (secondary N) is 2. The molecule has 3 aromatic rings. The van der Waals surface area contributed by atoms with E-state index in [0.29, 0.717) is 22.7 Å². The Morgan fingerprint density at radius 1 is 1.04 bits per heavy atom. The van der Waals surface area contributed by atoms with Crippen molar-refractivity contribution in [3.05, 3.63) is 71.5 Å².